The fourth-order valence-electron chi connectivity index (χ4n) is 3.86. The Labute approximate surface area is 154 Å². The third-order valence-corrected chi connectivity index (χ3v) is 5.37. The van der Waals surface area contributed by atoms with Crippen molar-refractivity contribution in [1.29, 1.82) is 0 Å². The smallest absolute Gasteiger partial charge is 0.253 e. The van der Waals surface area contributed by atoms with Gasteiger partial charge in [-0.3, -0.25) is 19.4 Å². The van der Waals surface area contributed by atoms with Crippen LogP contribution in [-0.2, 0) is 32.5 Å². The van der Waals surface area contributed by atoms with Crippen molar-refractivity contribution in [2.75, 3.05) is 13.1 Å². The summed E-state index contributed by atoms with van der Waals surface area (Å²) in [7, 11) is 0. The number of nitrogens with zero attached hydrogens (tertiary/aromatic N) is 4. The zero-order valence-corrected chi connectivity index (χ0v) is 15.5. The summed E-state index contributed by atoms with van der Waals surface area (Å²) in [6.45, 7) is 6.79. The van der Waals surface area contributed by atoms with Crippen LogP contribution in [0.5, 0.6) is 0 Å². The van der Waals surface area contributed by atoms with E-state index in [4.69, 9.17) is 0 Å². The molecular formula is C20H27N5O. The number of amides is 1. The molecule has 0 fully saturated rings. The molecule has 0 unspecified atom stereocenters. The third kappa shape index (κ3) is 3.65. The zero-order chi connectivity index (χ0) is 17.9. The van der Waals surface area contributed by atoms with E-state index >= 15 is 0 Å². The lowest BCUT2D eigenvalue weighted by Gasteiger charge is -2.27. The van der Waals surface area contributed by atoms with Gasteiger partial charge < -0.3 is 5.32 Å². The average Bonchev–Trinajstić information content (AvgIpc) is 3.29. The molecule has 26 heavy (non-hydrogen) atoms. The van der Waals surface area contributed by atoms with Gasteiger partial charge in [-0.05, 0) is 49.9 Å². The lowest BCUT2D eigenvalue weighted by molar-refractivity contribution is 0.0950. The number of unbranched alkanes of at least 4 members (excludes halogenated alkanes) is 1. The average molecular weight is 353 g/mol. The highest BCUT2D eigenvalue weighted by Gasteiger charge is 2.19. The lowest BCUT2D eigenvalue weighted by Crippen LogP contribution is -2.34. The molecule has 4 rings (SSSR count). The molecule has 2 aliphatic rings. The van der Waals surface area contributed by atoms with E-state index in [-0.39, 0.29) is 5.91 Å². The van der Waals surface area contributed by atoms with Crippen molar-refractivity contribution in [2.45, 2.75) is 58.7 Å². The molecule has 1 aliphatic carbocycles. The first-order valence-electron chi connectivity index (χ1n) is 9.77. The van der Waals surface area contributed by atoms with Gasteiger partial charge in [-0.1, -0.05) is 13.3 Å². The standard InChI is InChI=1S/C20H27N5O/c1-2-3-7-24-8-9-25-18(14-24)11-17(23-25)13-22-20(26)16-10-15-5-4-6-19(15)21-12-16/h10-12H,2-9,13-14H2,1H3,(H,22,26). The number of pyridine rings is 1. The van der Waals surface area contributed by atoms with E-state index in [0.717, 1.165) is 56.8 Å². The minimum atomic E-state index is -0.0669. The summed E-state index contributed by atoms with van der Waals surface area (Å²) >= 11 is 0. The number of fused-ring (bicyclic) bond motifs is 2. The second-order valence-electron chi connectivity index (χ2n) is 7.35. The Morgan fingerprint density at radius 2 is 2.19 bits per heavy atom. The summed E-state index contributed by atoms with van der Waals surface area (Å²) in [5.74, 6) is -0.0669. The molecule has 0 saturated heterocycles. The van der Waals surface area contributed by atoms with Gasteiger partial charge in [0.25, 0.3) is 5.91 Å². The number of rotatable bonds is 6. The van der Waals surface area contributed by atoms with E-state index in [9.17, 15) is 4.79 Å². The molecule has 2 aromatic rings. The van der Waals surface area contributed by atoms with Crippen LogP contribution < -0.4 is 5.32 Å². The quantitative estimate of drug-likeness (QED) is 0.866. The summed E-state index contributed by atoms with van der Waals surface area (Å²) in [5.41, 5.74) is 5.20. The maximum absolute atomic E-state index is 12.4. The minimum absolute atomic E-state index is 0.0669. The largest absolute Gasteiger partial charge is 0.346 e. The van der Waals surface area contributed by atoms with Crippen molar-refractivity contribution in [1.82, 2.24) is 25.0 Å². The van der Waals surface area contributed by atoms with E-state index in [1.807, 2.05) is 6.07 Å². The van der Waals surface area contributed by atoms with Gasteiger partial charge in [0.15, 0.2) is 0 Å². The second-order valence-corrected chi connectivity index (χ2v) is 7.35. The zero-order valence-electron chi connectivity index (χ0n) is 15.5. The Balaban J connectivity index is 1.35. The molecule has 1 aliphatic heterocycles. The highest BCUT2D eigenvalue weighted by atomic mass is 16.1. The Morgan fingerprint density at radius 3 is 3.08 bits per heavy atom. The predicted octanol–water partition coefficient (Wildman–Crippen LogP) is 2.31. The lowest BCUT2D eigenvalue weighted by atomic mass is 10.1. The van der Waals surface area contributed by atoms with E-state index in [2.05, 4.69) is 38.0 Å². The van der Waals surface area contributed by atoms with Crippen LogP contribution in [0, 0.1) is 0 Å². The number of nitrogens with one attached hydrogen (secondary N) is 1. The first kappa shape index (κ1) is 17.2. The van der Waals surface area contributed by atoms with Crippen molar-refractivity contribution in [3.8, 4) is 0 Å². The molecular weight excluding hydrogens is 326 g/mol. The van der Waals surface area contributed by atoms with E-state index in [1.165, 1.54) is 24.1 Å². The molecule has 3 heterocycles. The fraction of sp³-hybridized carbons (Fsp3) is 0.550. The van der Waals surface area contributed by atoms with Crippen LogP contribution >= 0.6 is 0 Å². The third-order valence-electron chi connectivity index (χ3n) is 5.37. The molecule has 0 saturated carbocycles. The molecule has 1 N–H and O–H groups in total. The molecule has 138 valence electrons. The number of aryl methyl sites for hydroxylation is 2. The molecule has 6 nitrogen and oxygen atoms in total. The summed E-state index contributed by atoms with van der Waals surface area (Å²) in [6, 6.07) is 4.12. The van der Waals surface area contributed by atoms with Gasteiger partial charge in [0, 0.05) is 25.0 Å². The SMILES string of the molecule is CCCCN1CCn2nc(CNC(=O)c3cnc4c(c3)CCC4)cc2C1. The molecule has 0 atom stereocenters. The highest BCUT2D eigenvalue weighted by molar-refractivity contribution is 5.94. The number of aromatic nitrogens is 3. The summed E-state index contributed by atoms with van der Waals surface area (Å²) in [4.78, 5) is 19.4. The fourth-order valence-corrected chi connectivity index (χ4v) is 3.86. The van der Waals surface area contributed by atoms with Gasteiger partial charge in [0.1, 0.15) is 0 Å². The van der Waals surface area contributed by atoms with Crippen LogP contribution in [0.3, 0.4) is 0 Å². The van der Waals surface area contributed by atoms with Gasteiger partial charge in [0.2, 0.25) is 0 Å². The number of hydrogen-bond donors (Lipinski definition) is 1. The van der Waals surface area contributed by atoms with E-state index < -0.39 is 0 Å². The van der Waals surface area contributed by atoms with Crippen molar-refractivity contribution in [3.63, 3.8) is 0 Å². The van der Waals surface area contributed by atoms with Crippen molar-refractivity contribution in [3.05, 3.63) is 46.5 Å². The van der Waals surface area contributed by atoms with Crippen LogP contribution in [0.25, 0.3) is 0 Å². The van der Waals surface area contributed by atoms with E-state index in [1.54, 1.807) is 6.20 Å². The Kier molecular flexibility index (Phi) is 5.02. The first-order valence-corrected chi connectivity index (χ1v) is 9.77. The maximum Gasteiger partial charge on any atom is 0.253 e. The second kappa shape index (κ2) is 7.58. The molecule has 0 spiro atoms. The number of hydrogen-bond acceptors (Lipinski definition) is 4. The Hall–Kier alpha value is -2.21. The molecule has 0 bridgehead atoms. The van der Waals surface area contributed by atoms with Crippen LogP contribution in [0.2, 0.25) is 0 Å². The summed E-state index contributed by atoms with van der Waals surface area (Å²) in [6.07, 6.45) is 7.38. The minimum Gasteiger partial charge on any atom is -0.346 e. The van der Waals surface area contributed by atoms with Crippen LogP contribution in [-0.4, -0.2) is 38.7 Å². The number of carbonyl (C=O) groups excluding carboxylic acids is 1. The maximum atomic E-state index is 12.4. The van der Waals surface area contributed by atoms with Gasteiger partial charge in [0.05, 0.1) is 30.0 Å². The van der Waals surface area contributed by atoms with Crippen LogP contribution in [0.4, 0.5) is 0 Å². The molecule has 2 aromatic heterocycles. The van der Waals surface area contributed by atoms with Crippen molar-refractivity contribution < 1.29 is 4.79 Å². The molecule has 1 amide bonds. The van der Waals surface area contributed by atoms with Crippen LogP contribution in [0.1, 0.15) is 59.2 Å². The monoisotopic (exact) mass is 353 g/mol. The summed E-state index contributed by atoms with van der Waals surface area (Å²) < 4.78 is 2.08. The summed E-state index contributed by atoms with van der Waals surface area (Å²) in [5, 5.41) is 7.64. The molecule has 6 heteroatoms. The van der Waals surface area contributed by atoms with Gasteiger partial charge >= 0.3 is 0 Å². The van der Waals surface area contributed by atoms with Gasteiger partial charge in [-0.2, -0.15) is 5.10 Å². The predicted molar refractivity (Wildman–Crippen MR) is 99.8 cm³/mol. The van der Waals surface area contributed by atoms with Gasteiger partial charge in [-0.15, -0.1) is 0 Å². The van der Waals surface area contributed by atoms with Crippen molar-refractivity contribution >= 4 is 5.91 Å². The highest BCUT2D eigenvalue weighted by Crippen LogP contribution is 2.20. The normalized spacial score (nSPS) is 16.3. The Bertz CT molecular complexity index is 797. The molecule has 0 aromatic carbocycles. The van der Waals surface area contributed by atoms with Gasteiger partial charge in [-0.25, -0.2) is 0 Å². The topological polar surface area (TPSA) is 63.1 Å². The Morgan fingerprint density at radius 1 is 1.27 bits per heavy atom. The first-order chi connectivity index (χ1) is 12.7. The van der Waals surface area contributed by atoms with E-state index in [0.29, 0.717) is 12.1 Å². The van der Waals surface area contributed by atoms with Crippen LogP contribution in [0.15, 0.2) is 18.3 Å². The molecule has 0 radical (unpaired) electrons. The number of carbonyl (C=O) groups is 1. The van der Waals surface area contributed by atoms with Crippen molar-refractivity contribution in [2.24, 2.45) is 0 Å².